The fourth-order valence-corrected chi connectivity index (χ4v) is 2.36. The Morgan fingerprint density at radius 3 is 2.43 bits per heavy atom. The second-order valence-corrected chi connectivity index (χ2v) is 5.30. The first-order valence-corrected chi connectivity index (χ1v) is 7.82. The summed E-state index contributed by atoms with van der Waals surface area (Å²) in [4.78, 5) is 25.0. The van der Waals surface area contributed by atoms with Gasteiger partial charge in [-0.05, 0) is 13.0 Å². The third-order valence-corrected chi connectivity index (χ3v) is 3.82. The van der Waals surface area contributed by atoms with Gasteiger partial charge in [-0.25, -0.2) is 9.97 Å². The molecule has 6 nitrogen and oxygen atoms in total. The molecule has 0 radical (unpaired) electrons. The molecule has 1 saturated heterocycles. The molecule has 0 aromatic carbocycles. The first-order chi connectivity index (χ1) is 10.2. The summed E-state index contributed by atoms with van der Waals surface area (Å²) in [5.41, 5.74) is 0.570. The lowest BCUT2D eigenvalue weighted by atomic mass is 10.2. The van der Waals surface area contributed by atoms with Gasteiger partial charge in [-0.1, -0.05) is 20.3 Å². The van der Waals surface area contributed by atoms with Gasteiger partial charge in [0.15, 0.2) is 0 Å². The quantitative estimate of drug-likeness (QED) is 0.804. The van der Waals surface area contributed by atoms with Gasteiger partial charge in [-0.15, -0.1) is 0 Å². The normalized spacial score (nSPS) is 16.0. The Morgan fingerprint density at radius 1 is 1.19 bits per heavy atom. The molecule has 1 aliphatic rings. The van der Waals surface area contributed by atoms with E-state index in [1.54, 1.807) is 12.4 Å². The molecule has 0 aliphatic carbocycles. The molecule has 1 aromatic heterocycles. The molecule has 116 valence electrons. The van der Waals surface area contributed by atoms with Crippen LogP contribution in [0.2, 0.25) is 0 Å². The molecule has 0 unspecified atom stereocenters. The molecule has 0 bridgehead atoms. The molecule has 0 spiro atoms. The molecule has 21 heavy (non-hydrogen) atoms. The Kier molecular flexibility index (Phi) is 5.92. The number of aromatic nitrogens is 2. The summed E-state index contributed by atoms with van der Waals surface area (Å²) >= 11 is 0. The largest absolute Gasteiger partial charge is 0.354 e. The van der Waals surface area contributed by atoms with Crippen LogP contribution in [0.1, 0.15) is 37.0 Å². The number of piperazine rings is 1. The van der Waals surface area contributed by atoms with E-state index in [0.29, 0.717) is 11.5 Å². The third kappa shape index (κ3) is 4.39. The van der Waals surface area contributed by atoms with Gasteiger partial charge in [0.1, 0.15) is 0 Å². The number of nitrogens with zero attached hydrogens (tertiary/aromatic N) is 4. The van der Waals surface area contributed by atoms with Crippen LogP contribution in [0.3, 0.4) is 0 Å². The molecule has 0 saturated carbocycles. The molecular weight excluding hydrogens is 266 g/mol. The monoisotopic (exact) mass is 291 g/mol. The molecule has 2 rings (SSSR count). The summed E-state index contributed by atoms with van der Waals surface area (Å²) in [6.07, 6.45) is 5.46. The number of unbranched alkanes of at least 4 members (excludes halogenated alkanes) is 1. The number of nitrogens with one attached hydrogen (secondary N) is 1. The van der Waals surface area contributed by atoms with Crippen molar-refractivity contribution in [2.24, 2.45) is 0 Å². The zero-order chi connectivity index (χ0) is 15.1. The fourth-order valence-electron chi connectivity index (χ4n) is 2.36. The van der Waals surface area contributed by atoms with Crippen LogP contribution in [0, 0.1) is 0 Å². The molecule has 1 amide bonds. The van der Waals surface area contributed by atoms with Crippen molar-refractivity contribution in [2.75, 3.05) is 44.6 Å². The van der Waals surface area contributed by atoms with Gasteiger partial charge in [0.25, 0.3) is 5.91 Å². The van der Waals surface area contributed by atoms with E-state index >= 15 is 0 Å². The van der Waals surface area contributed by atoms with Crippen molar-refractivity contribution < 1.29 is 4.79 Å². The summed E-state index contributed by atoms with van der Waals surface area (Å²) in [7, 11) is 0. The van der Waals surface area contributed by atoms with Crippen LogP contribution in [-0.2, 0) is 0 Å². The van der Waals surface area contributed by atoms with Crippen molar-refractivity contribution in [2.45, 2.75) is 26.7 Å². The zero-order valence-electron chi connectivity index (χ0n) is 13.0. The molecule has 0 atom stereocenters. The number of likely N-dealkylation sites (N-methyl/N-ethyl adjacent to an activating group) is 1. The number of anilines is 1. The first kappa shape index (κ1) is 15.7. The minimum absolute atomic E-state index is 0.0332. The second-order valence-electron chi connectivity index (χ2n) is 5.30. The summed E-state index contributed by atoms with van der Waals surface area (Å²) < 4.78 is 0. The number of hydrogen-bond acceptors (Lipinski definition) is 5. The van der Waals surface area contributed by atoms with Gasteiger partial charge in [-0.3, -0.25) is 4.79 Å². The van der Waals surface area contributed by atoms with Crippen LogP contribution in [0.4, 0.5) is 5.95 Å². The predicted molar refractivity (Wildman–Crippen MR) is 83.4 cm³/mol. The Balaban J connectivity index is 1.88. The molecular formula is C15H25N5O. The number of rotatable bonds is 6. The highest BCUT2D eigenvalue weighted by molar-refractivity contribution is 5.93. The molecule has 2 heterocycles. The van der Waals surface area contributed by atoms with Crippen LogP contribution in [-0.4, -0.2) is 64.9 Å². The minimum Gasteiger partial charge on any atom is -0.354 e. The maximum atomic E-state index is 12.4. The molecule has 6 heteroatoms. The van der Waals surface area contributed by atoms with Crippen molar-refractivity contribution in [1.82, 2.24) is 19.8 Å². The highest BCUT2D eigenvalue weighted by Gasteiger charge is 2.21. The maximum Gasteiger partial charge on any atom is 0.257 e. The van der Waals surface area contributed by atoms with E-state index in [2.05, 4.69) is 34.0 Å². The highest BCUT2D eigenvalue weighted by Crippen LogP contribution is 2.08. The zero-order valence-corrected chi connectivity index (χ0v) is 13.0. The van der Waals surface area contributed by atoms with Crippen molar-refractivity contribution in [1.29, 1.82) is 0 Å². The van der Waals surface area contributed by atoms with Crippen LogP contribution in [0.5, 0.6) is 0 Å². The van der Waals surface area contributed by atoms with E-state index in [-0.39, 0.29) is 5.91 Å². The van der Waals surface area contributed by atoms with Crippen LogP contribution < -0.4 is 5.32 Å². The molecule has 1 N–H and O–H groups in total. The Bertz CT molecular complexity index is 440. The average molecular weight is 291 g/mol. The Labute approximate surface area is 126 Å². The summed E-state index contributed by atoms with van der Waals surface area (Å²) in [6.45, 7) is 9.65. The lowest BCUT2D eigenvalue weighted by molar-refractivity contribution is 0.0642. The van der Waals surface area contributed by atoms with Gasteiger partial charge in [0, 0.05) is 45.1 Å². The minimum atomic E-state index is 0.0332. The Morgan fingerprint density at radius 2 is 1.86 bits per heavy atom. The number of hydrogen-bond donors (Lipinski definition) is 1. The number of carbonyl (C=O) groups is 1. The van der Waals surface area contributed by atoms with E-state index in [0.717, 1.165) is 52.1 Å². The van der Waals surface area contributed by atoms with Gasteiger partial charge >= 0.3 is 0 Å². The third-order valence-electron chi connectivity index (χ3n) is 3.82. The van der Waals surface area contributed by atoms with Crippen LogP contribution >= 0.6 is 0 Å². The highest BCUT2D eigenvalue weighted by atomic mass is 16.2. The van der Waals surface area contributed by atoms with Gasteiger partial charge in [0.2, 0.25) is 5.95 Å². The summed E-state index contributed by atoms with van der Waals surface area (Å²) in [5, 5.41) is 3.15. The summed E-state index contributed by atoms with van der Waals surface area (Å²) in [5.74, 6) is 0.627. The van der Waals surface area contributed by atoms with E-state index < -0.39 is 0 Å². The smallest absolute Gasteiger partial charge is 0.257 e. The fraction of sp³-hybridized carbons (Fsp3) is 0.667. The molecule has 1 aromatic rings. The average Bonchev–Trinajstić information content (AvgIpc) is 2.55. The predicted octanol–water partition coefficient (Wildman–Crippen LogP) is 1.47. The topological polar surface area (TPSA) is 61.4 Å². The van der Waals surface area contributed by atoms with E-state index in [9.17, 15) is 4.79 Å². The lowest BCUT2D eigenvalue weighted by Gasteiger charge is -2.33. The Hall–Kier alpha value is -1.69. The SMILES string of the molecule is CCCCNc1ncc(C(=O)N2CCN(CC)CC2)cn1. The van der Waals surface area contributed by atoms with Gasteiger partial charge in [-0.2, -0.15) is 0 Å². The maximum absolute atomic E-state index is 12.4. The molecule has 1 aliphatic heterocycles. The van der Waals surface area contributed by atoms with Gasteiger partial charge in [0.05, 0.1) is 5.56 Å². The summed E-state index contributed by atoms with van der Waals surface area (Å²) in [6, 6.07) is 0. The van der Waals surface area contributed by atoms with Crippen molar-refractivity contribution in [3.05, 3.63) is 18.0 Å². The number of amides is 1. The lowest BCUT2D eigenvalue weighted by Crippen LogP contribution is -2.48. The molecule has 1 fully saturated rings. The standard InChI is InChI=1S/C15H25N5O/c1-3-5-6-16-15-17-11-13(12-18-15)14(21)20-9-7-19(4-2)8-10-20/h11-12H,3-10H2,1-2H3,(H,16,17,18). The van der Waals surface area contributed by atoms with Crippen LogP contribution in [0.15, 0.2) is 12.4 Å². The van der Waals surface area contributed by atoms with Crippen molar-refractivity contribution in [3.8, 4) is 0 Å². The number of carbonyl (C=O) groups excluding carboxylic acids is 1. The van der Waals surface area contributed by atoms with E-state index in [1.165, 1.54) is 0 Å². The van der Waals surface area contributed by atoms with Crippen LogP contribution in [0.25, 0.3) is 0 Å². The van der Waals surface area contributed by atoms with E-state index in [1.807, 2.05) is 4.90 Å². The second kappa shape index (κ2) is 7.93. The van der Waals surface area contributed by atoms with Gasteiger partial charge < -0.3 is 15.1 Å². The van der Waals surface area contributed by atoms with E-state index in [4.69, 9.17) is 0 Å². The first-order valence-electron chi connectivity index (χ1n) is 7.82. The van der Waals surface area contributed by atoms with Crippen molar-refractivity contribution in [3.63, 3.8) is 0 Å². The van der Waals surface area contributed by atoms with Crippen molar-refractivity contribution >= 4 is 11.9 Å².